The molecule has 0 aromatic heterocycles. The van der Waals surface area contributed by atoms with Crippen LogP contribution in [0, 0.1) is 5.92 Å². The first-order chi connectivity index (χ1) is 7.74. The second-order valence-electron chi connectivity index (χ2n) is 4.97. The molecule has 0 aromatic carbocycles. The van der Waals surface area contributed by atoms with Crippen LogP contribution in [0.3, 0.4) is 0 Å². The van der Waals surface area contributed by atoms with Gasteiger partial charge in [-0.05, 0) is 32.1 Å². The Labute approximate surface area is 97.0 Å². The minimum absolute atomic E-state index is 0.0174. The maximum Gasteiger partial charge on any atom is 0.317 e. The minimum Gasteiger partial charge on any atom is -0.393 e. The number of aliphatic hydroxyl groups is 1. The number of amides is 2. The van der Waals surface area contributed by atoms with Crippen LogP contribution in [0.2, 0.25) is 0 Å². The highest BCUT2D eigenvalue weighted by atomic mass is 16.3. The topological polar surface area (TPSA) is 52.6 Å². The summed E-state index contributed by atoms with van der Waals surface area (Å²) in [6, 6.07) is 0.273. The van der Waals surface area contributed by atoms with Gasteiger partial charge in [0.15, 0.2) is 0 Å². The number of nitrogens with zero attached hydrogens (tertiary/aromatic N) is 1. The van der Waals surface area contributed by atoms with E-state index in [1.54, 1.807) is 7.05 Å². The van der Waals surface area contributed by atoms with E-state index in [1.807, 2.05) is 4.90 Å². The van der Waals surface area contributed by atoms with Gasteiger partial charge in [-0.2, -0.15) is 0 Å². The Morgan fingerprint density at radius 2 is 2.06 bits per heavy atom. The molecular formula is C12H22N2O2. The number of hydrogen-bond acceptors (Lipinski definition) is 2. The van der Waals surface area contributed by atoms with Crippen LogP contribution < -0.4 is 5.32 Å². The van der Waals surface area contributed by atoms with E-state index in [4.69, 9.17) is 0 Å². The molecule has 4 heteroatoms. The van der Waals surface area contributed by atoms with Crippen molar-refractivity contribution in [2.45, 2.75) is 50.7 Å². The van der Waals surface area contributed by atoms with Crippen molar-refractivity contribution < 1.29 is 9.90 Å². The maximum absolute atomic E-state index is 11.8. The average Bonchev–Trinajstić information content (AvgIpc) is 2.74. The highest BCUT2D eigenvalue weighted by molar-refractivity contribution is 5.74. The summed E-state index contributed by atoms with van der Waals surface area (Å²) in [4.78, 5) is 13.7. The third kappa shape index (κ3) is 2.17. The van der Waals surface area contributed by atoms with Crippen LogP contribution in [0.5, 0.6) is 0 Å². The van der Waals surface area contributed by atoms with E-state index in [0.717, 1.165) is 38.6 Å². The van der Waals surface area contributed by atoms with Gasteiger partial charge in [0, 0.05) is 25.6 Å². The third-order valence-corrected chi connectivity index (χ3v) is 4.05. The summed E-state index contributed by atoms with van der Waals surface area (Å²) in [5, 5.41) is 12.7. The summed E-state index contributed by atoms with van der Waals surface area (Å²) in [6.07, 6.45) is 6.20. The molecule has 1 heterocycles. The zero-order chi connectivity index (χ0) is 11.5. The van der Waals surface area contributed by atoms with Gasteiger partial charge >= 0.3 is 6.03 Å². The lowest BCUT2D eigenvalue weighted by atomic mass is 9.88. The lowest BCUT2D eigenvalue weighted by molar-refractivity contribution is 0.0532. The second kappa shape index (κ2) is 5.04. The number of piperidine rings is 1. The van der Waals surface area contributed by atoms with Gasteiger partial charge in [0.25, 0.3) is 0 Å². The van der Waals surface area contributed by atoms with E-state index in [0.29, 0.717) is 5.92 Å². The van der Waals surface area contributed by atoms with Crippen molar-refractivity contribution in [3.8, 4) is 0 Å². The van der Waals surface area contributed by atoms with Crippen LogP contribution in [0.4, 0.5) is 4.79 Å². The van der Waals surface area contributed by atoms with Gasteiger partial charge in [0.05, 0.1) is 6.10 Å². The molecule has 0 radical (unpaired) electrons. The molecule has 0 aromatic rings. The number of urea groups is 1. The van der Waals surface area contributed by atoms with Gasteiger partial charge < -0.3 is 15.3 Å². The molecule has 2 rings (SSSR count). The van der Waals surface area contributed by atoms with Crippen molar-refractivity contribution in [3.05, 3.63) is 0 Å². The largest absolute Gasteiger partial charge is 0.393 e. The van der Waals surface area contributed by atoms with Gasteiger partial charge in [-0.25, -0.2) is 4.79 Å². The molecule has 0 bridgehead atoms. The normalized spacial score (nSPS) is 35.1. The molecule has 4 nitrogen and oxygen atoms in total. The SMILES string of the molecule is CNC(=O)N1CCCCC1C1CCCC1O. The van der Waals surface area contributed by atoms with Gasteiger partial charge in [0.1, 0.15) is 0 Å². The summed E-state index contributed by atoms with van der Waals surface area (Å²) in [5.41, 5.74) is 0. The first kappa shape index (κ1) is 11.7. The van der Waals surface area contributed by atoms with Crippen LogP contribution in [0.25, 0.3) is 0 Å². The summed E-state index contributed by atoms with van der Waals surface area (Å²) < 4.78 is 0. The number of carbonyl (C=O) groups excluding carboxylic acids is 1. The number of nitrogens with one attached hydrogen (secondary N) is 1. The fraction of sp³-hybridized carbons (Fsp3) is 0.917. The molecule has 1 saturated heterocycles. The molecule has 92 valence electrons. The second-order valence-corrected chi connectivity index (χ2v) is 4.97. The summed E-state index contributed by atoms with van der Waals surface area (Å²) >= 11 is 0. The monoisotopic (exact) mass is 226 g/mol. The Morgan fingerprint density at radius 3 is 2.69 bits per heavy atom. The molecule has 1 aliphatic carbocycles. The molecule has 3 atom stereocenters. The van der Waals surface area contributed by atoms with Crippen LogP contribution in [-0.2, 0) is 0 Å². The van der Waals surface area contributed by atoms with Crippen molar-refractivity contribution in [2.24, 2.45) is 5.92 Å². The van der Waals surface area contributed by atoms with Crippen LogP contribution in [-0.4, -0.2) is 41.8 Å². The molecule has 2 aliphatic rings. The minimum atomic E-state index is -0.199. The molecule has 2 amide bonds. The predicted molar refractivity (Wildman–Crippen MR) is 62.1 cm³/mol. The molecule has 2 fully saturated rings. The van der Waals surface area contributed by atoms with Crippen molar-refractivity contribution >= 4 is 6.03 Å². The Hall–Kier alpha value is -0.770. The van der Waals surface area contributed by atoms with E-state index >= 15 is 0 Å². The van der Waals surface area contributed by atoms with Gasteiger partial charge in [-0.3, -0.25) is 0 Å². The highest BCUT2D eigenvalue weighted by Crippen LogP contribution is 2.35. The number of likely N-dealkylation sites (tertiary alicyclic amines) is 1. The maximum atomic E-state index is 11.8. The zero-order valence-corrected chi connectivity index (χ0v) is 9.98. The van der Waals surface area contributed by atoms with Crippen molar-refractivity contribution in [3.63, 3.8) is 0 Å². The smallest absolute Gasteiger partial charge is 0.317 e. The molecular weight excluding hydrogens is 204 g/mol. The average molecular weight is 226 g/mol. The Kier molecular flexibility index (Phi) is 3.69. The van der Waals surface area contributed by atoms with E-state index in [2.05, 4.69) is 5.32 Å². The van der Waals surface area contributed by atoms with Crippen LogP contribution >= 0.6 is 0 Å². The van der Waals surface area contributed by atoms with E-state index in [-0.39, 0.29) is 18.2 Å². The van der Waals surface area contributed by atoms with Crippen LogP contribution in [0.1, 0.15) is 38.5 Å². The lowest BCUT2D eigenvalue weighted by Crippen LogP contribution is -2.52. The Bertz CT molecular complexity index is 257. The first-order valence-electron chi connectivity index (χ1n) is 6.40. The van der Waals surface area contributed by atoms with Crippen molar-refractivity contribution in [2.75, 3.05) is 13.6 Å². The predicted octanol–water partition coefficient (Wildman–Crippen LogP) is 1.34. The van der Waals surface area contributed by atoms with Crippen molar-refractivity contribution in [1.82, 2.24) is 10.2 Å². The number of hydrogen-bond donors (Lipinski definition) is 2. The first-order valence-corrected chi connectivity index (χ1v) is 6.40. The van der Waals surface area contributed by atoms with Crippen molar-refractivity contribution in [1.29, 1.82) is 0 Å². The van der Waals surface area contributed by atoms with Crippen LogP contribution in [0.15, 0.2) is 0 Å². The summed E-state index contributed by atoms with van der Waals surface area (Å²) in [7, 11) is 1.68. The Balaban J connectivity index is 2.06. The molecule has 1 saturated carbocycles. The lowest BCUT2D eigenvalue weighted by Gasteiger charge is -2.40. The van der Waals surface area contributed by atoms with E-state index in [1.165, 1.54) is 6.42 Å². The fourth-order valence-electron chi connectivity index (χ4n) is 3.22. The van der Waals surface area contributed by atoms with Gasteiger partial charge in [-0.15, -0.1) is 0 Å². The molecule has 16 heavy (non-hydrogen) atoms. The van der Waals surface area contributed by atoms with E-state index in [9.17, 15) is 9.90 Å². The quantitative estimate of drug-likeness (QED) is 0.709. The summed E-state index contributed by atoms with van der Waals surface area (Å²) in [6.45, 7) is 0.841. The highest BCUT2D eigenvalue weighted by Gasteiger charge is 2.38. The molecule has 2 N–H and O–H groups in total. The standard InChI is InChI=1S/C12H22N2O2/c1-13-12(16)14-8-3-2-6-10(14)9-5-4-7-11(9)15/h9-11,15H,2-8H2,1H3,(H,13,16). The molecule has 3 unspecified atom stereocenters. The van der Waals surface area contributed by atoms with Gasteiger partial charge in [-0.1, -0.05) is 6.42 Å². The number of carbonyl (C=O) groups is 1. The Morgan fingerprint density at radius 1 is 1.25 bits per heavy atom. The number of aliphatic hydroxyl groups excluding tert-OH is 1. The zero-order valence-electron chi connectivity index (χ0n) is 9.98. The summed E-state index contributed by atoms with van der Waals surface area (Å²) in [5.74, 6) is 0.303. The molecule has 0 spiro atoms. The van der Waals surface area contributed by atoms with E-state index < -0.39 is 0 Å². The molecule has 1 aliphatic heterocycles. The fourth-order valence-corrected chi connectivity index (χ4v) is 3.22. The number of rotatable bonds is 1. The van der Waals surface area contributed by atoms with Gasteiger partial charge in [0.2, 0.25) is 0 Å². The third-order valence-electron chi connectivity index (χ3n) is 4.05.